The van der Waals surface area contributed by atoms with Crippen LogP contribution < -0.4 is 5.32 Å². The molecule has 4 heteroatoms. The average molecular weight is 242 g/mol. The number of carbonyl (C=O) groups is 1. The number of anilines is 1. The fourth-order valence-corrected chi connectivity index (χ4v) is 1.69. The van der Waals surface area contributed by atoms with Gasteiger partial charge in [0, 0.05) is 11.9 Å². The Bertz CT molecular complexity index is 594. The van der Waals surface area contributed by atoms with E-state index in [1.807, 2.05) is 19.9 Å². The summed E-state index contributed by atoms with van der Waals surface area (Å²) in [6, 6.07) is 8.43. The number of pyridine rings is 1. The summed E-state index contributed by atoms with van der Waals surface area (Å²) in [6.07, 6.45) is 1.59. The lowest BCUT2D eigenvalue weighted by Gasteiger charge is -2.09. The van der Waals surface area contributed by atoms with E-state index < -0.39 is 0 Å². The van der Waals surface area contributed by atoms with Crippen LogP contribution in [0.4, 0.5) is 5.69 Å². The molecule has 0 bridgehead atoms. The van der Waals surface area contributed by atoms with Gasteiger partial charge in [0.05, 0.1) is 0 Å². The van der Waals surface area contributed by atoms with Crippen LogP contribution in [0, 0.1) is 13.8 Å². The fraction of sp³-hybridized carbons (Fsp3) is 0.143. The number of aryl methyl sites for hydroxylation is 2. The smallest absolute Gasteiger partial charge is 0.274 e. The highest BCUT2D eigenvalue weighted by molar-refractivity contribution is 6.04. The maximum atomic E-state index is 12.0. The Hall–Kier alpha value is -2.36. The second-order valence-electron chi connectivity index (χ2n) is 4.12. The molecule has 0 radical (unpaired) electrons. The van der Waals surface area contributed by atoms with Gasteiger partial charge in [-0.05, 0) is 49.2 Å². The molecule has 18 heavy (non-hydrogen) atoms. The van der Waals surface area contributed by atoms with Gasteiger partial charge in [-0.2, -0.15) is 0 Å². The van der Waals surface area contributed by atoms with Crippen LogP contribution in [0.5, 0.6) is 5.75 Å². The quantitative estimate of drug-likeness (QED) is 0.796. The Morgan fingerprint density at radius 2 is 2.00 bits per heavy atom. The molecule has 0 aliphatic heterocycles. The maximum Gasteiger partial charge on any atom is 0.274 e. The highest BCUT2D eigenvalue weighted by atomic mass is 16.3. The monoisotopic (exact) mass is 242 g/mol. The molecule has 0 unspecified atom stereocenters. The van der Waals surface area contributed by atoms with Crippen LogP contribution in [0.1, 0.15) is 21.6 Å². The second-order valence-corrected chi connectivity index (χ2v) is 4.12. The minimum absolute atomic E-state index is 0.180. The number of nitrogens with zero attached hydrogens (tertiary/aromatic N) is 1. The molecule has 0 saturated carbocycles. The summed E-state index contributed by atoms with van der Waals surface area (Å²) in [5.74, 6) is -0.0681. The number of aromatic hydroxyl groups is 1. The molecule has 1 heterocycles. The first-order valence-electron chi connectivity index (χ1n) is 5.60. The zero-order valence-corrected chi connectivity index (χ0v) is 10.3. The summed E-state index contributed by atoms with van der Waals surface area (Å²) in [7, 11) is 0. The van der Waals surface area contributed by atoms with E-state index in [4.69, 9.17) is 0 Å². The molecule has 2 rings (SSSR count). The summed E-state index contributed by atoms with van der Waals surface area (Å²) in [5.41, 5.74) is 2.70. The van der Waals surface area contributed by atoms with Gasteiger partial charge in [0.15, 0.2) is 0 Å². The number of amides is 1. The number of carbonyl (C=O) groups excluding carboxylic acids is 1. The molecule has 0 saturated heterocycles. The first kappa shape index (κ1) is 12.1. The van der Waals surface area contributed by atoms with Crippen molar-refractivity contribution in [1.29, 1.82) is 0 Å². The third-order valence-electron chi connectivity index (χ3n) is 2.68. The highest BCUT2D eigenvalue weighted by Gasteiger charge is 2.11. The number of hydrogen-bond acceptors (Lipinski definition) is 3. The Kier molecular flexibility index (Phi) is 3.28. The number of rotatable bonds is 2. The van der Waals surface area contributed by atoms with Crippen molar-refractivity contribution in [2.24, 2.45) is 0 Å². The average Bonchev–Trinajstić information content (AvgIpc) is 2.33. The highest BCUT2D eigenvalue weighted by Crippen LogP contribution is 2.20. The molecule has 2 N–H and O–H groups in total. The van der Waals surface area contributed by atoms with E-state index in [-0.39, 0.29) is 11.7 Å². The van der Waals surface area contributed by atoms with E-state index in [0.717, 1.165) is 11.1 Å². The van der Waals surface area contributed by atoms with Crippen LogP contribution in [0.15, 0.2) is 36.5 Å². The van der Waals surface area contributed by atoms with E-state index >= 15 is 0 Å². The number of hydrogen-bond donors (Lipinski definition) is 2. The summed E-state index contributed by atoms with van der Waals surface area (Å²) in [5, 5.41) is 12.1. The maximum absolute atomic E-state index is 12.0. The largest absolute Gasteiger partial charge is 0.508 e. The Labute approximate surface area is 105 Å². The van der Waals surface area contributed by atoms with Crippen LogP contribution in [0.2, 0.25) is 0 Å². The lowest BCUT2D eigenvalue weighted by atomic mass is 10.1. The lowest BCUT2D eigenvalue weighted by Crippen LogP contribution is -2.15. The number of benzene rings is 1. The zero-order chi connectivity index (χ0) is 13.1. The van der Waals surface area contributed by atoms with Crippen LogP contribution in [0.25, 0.3) is 0 Å². The molecule has 0 spiro atoms. The SMILES string of the molecule is Cc1cc(O)ccc1NC(=O)c1ncccc1C. The molecular weight excluding hydrogens is 228 g/mol. The first-order valence-corrected chi connectivity index (χ1v) is 5.60. The number of nitrogens with one attached hydrogen (secondary N) is 1. The molecule has 1 amide bonds. The minimum atomic E-state index is -0.248. The summed E-state index contributed by atoms with van der Waals surface area (Å²) in [6.45, 7) is 3.66. The van der Waals surface area contributed by atoms with Gasteiger partial charge >= 0.3 is 0 Å². The predicted octanol–water partition coefficient (Wildman–Crippen LogP) is 2.66. The van der Waals surface area contributed by atoms with E-state index in [2.05, 4.69) is 10.3 Å². The molecule has 1 aromatic heterocycles. The number of phenolic OH excluding ortho intramolecular Hbond substituents is 1. The topological polar surface area (TPSA) is 62.2 Å². The van der Waals surface area contributed by atoms with Crippen LogP contribution in [-0.4, -0.2) is 16.0 Å². The summed E-state index contributed by atoms with van der Waals surface area (Å²) >= 11 is 0. The van der Waals surface area contributed by atoms with Crippen molar-refractivity contribution in [3.05, 3.63) is 53.3 Å². The first-order chi connectivity index (χ1) is 8.58. The normalized spacial score (nSPS) is 10.1. The van der Waals surface area contributed by atoms with E-state index in [1.54, 1.807) is 24.4 Å². The van der Waals surface area contributed by atoms with Crippen molar-refractivity contribution in [2.45, 2.75) is 13.8 Å². The molecule has 2 aromatic rings. The van der Waals surface area contributed by atoms with Gasteiger partial charge in [-0.25, -0.2) is 0 Å². The zero-order valence-electron chi connectivity index (χ0n) is 10.3. The van der Waals surface area contributed by atoms with Gasteiger partial charge in [-0.15, -0.1) is 0 Å². The Morgan fingerprint density at radius 1 is 1.22 bits per heavy atom. The van der Waals surface area contributed by atoms with Crippen molar-refractivity contribution in [1.82, 2.24) is 4.98 Å². The fourth-order valence-electron chi connectivity index (χ4n) is 1.69. The Balaban J connectivity index is 2.24. The van der Waals surface area contributed by atoms with E-state index in [0.29, 0.717) is 11.4 Å². The molecule has 0 aliphatic carbocycles. The molecule has 0 fully saturated rings. The lowest BCUT2D eigenvalue weighted by molar-refractivity contribution is 0.102. The third kappa shape index (κ3) is 2.48. The third-order valence-corrected chi connectivity index (χ3v) is 2.68. The van der Waals surface area contributed by atoms with E-state index in [1.165, 1.54) is 6.07 Å². The molecule has 1 aromatic carbocycles. The van der Waals surface area contributed by atoms with Gasteiger partial charge in [-0.1, -0.05) is 6.07 Å². The Morgan fingerprint density at radius 3 is 2.67 bits per heavy atom. The van der Waals surface area contributed by atoms with Crippen molar-refractivity contribution in [3.63, 3.8) is 0 Å². The second kappa shape index (κ2) is 4.87. The molecular formula is C14H14N2O2. The molecule has 4 nitrogen and oxygen atoms in total. The minimum Gasteiger partial charge on any atom is -0.508 e. The van der Waals surface area contributed by atoms with Crippen LogP contribution in [0.3, 0.4) is 0 Å². The van der Waals surface area contributed by atoms with Crippen LogP contribution >= 0.6 is 0 Å². The standard InChI is InChI=1S/C14H14N2O2/c1-9-4-3-7-15-13(9)14(18)16-12-6-5-11(17)8-10(12)2/h3-8,17H,1-2H3,(H,16,18). The van der Waals surface area contributed by atoms with Gasteiger partial charge in [-0.3, -0.25) is 9.78 Å². The van der Waals surface area contributed by atoms with Crippen molar-refractivity contribution in [2.75, 3.05) is 5.32 Å². The van der Waals surface area contributed by atoms with Gasteiger partial charge in [0.2, 0.25) is 0 Å². The van der Waals surface area contributed by atoms with E-state index in [9.17, 15) is 9.90 Å². The van der Waals surface area contributed by atoms with Crippen molar-refractivity contribution >= 4 is 11.6 Å². The summed E-state index contributed by atoms with van der Waals surface area (Å²) < 4.78 is 0. The van der Waals surface area contributed by atoms with Gasteiger partial charge < -0.3 is 10.4 Å². The van der Waals surface area contributed by atoms with Crippen molar-refractivity contribution < 1.29 is 9.90 Å². The predicted molar refractivity (Wildman–Crippen MR) is 69.8 cm³/mol. The molecule has 0 aliphatic rings. The van der Waals surface area contributed by atoms with Crippen molar-refractivity contribution in [3.8, 4) is 5.75 Å². The molecule has 0 atom stereocenters. The van der Waals surface area contributed by atoms with Gasteiger partial charge in [0.1, 0.15) is 11.4 Å². The summed E-state index contributed by atoms with van der Waals surface area (Å²) in [4.78, 5) is 16.1. The van der Waals surface area contributed by atoms with Crippen LogP contribution in [-0.2, 0) is 0 Å². The molecule has 92 valence electrons. The van der Waals surface area contributed by atoms with Gasteiger partial charge in [0.25, 0.3) is 5.91 Å². The number of aromatic nitrogens is 1. The number of phenols is 1.